The molecule has 0 amide bonds. The molecular formula is C13H13OP. The maximum atomic E-state index is 5.67. The van der Waals surface area contributed by atoms with E-state index in [1.807, 2.05) is 30.3 Å². The number of hydrogen-bond donors (Lipinski definition) is 0. The molecule has 0 radical (unpaired) electrons. The van der Waals surface area contributed by atoms with Gasteiger partial charge in [-0.1, -0.05) is 48.0 Å². The van der Waals surface area contributed by atoms with Gasteiger partial charge in [0.05, 0.1) is 0 Å². The zero-order valence-corrected chi connectivity index (χ0v) is 9.60. The summed E-state index contributed by atoms with van der Waals surface area (Å²) in [4.78, 5) is 0. The van der Waals surface area contributed by atoms with Crippen LogP contribution in [-0.4, -0.2) is 0 Å². The summed E-state index contributed by atoms with van der Waals surface area (Å²) in [6.07, 6.45) is 0. The fraction of sp³-hybridized carbons (Fsp3) is 0.0769. The van der Waals surface area contributed by atoms with Crippen molar-refractivity contribution in [3.63, 3.8) is 0 Å². The van der Waals surface area contributed by atoms with Gasteiger partial charge in [-0.15, -0.1) is 0 Å². The van der Waals surface area contributed by atoms with Crippen LogP contribution in [0.3, 0.4) is 0 Å². The zero-order chi connectivity index (χ0) is 10.5. The van der Waals surface area contributed by atoms with Crippen molar-refractivity contribution in [2.75, 3.05) is 0 Å². The topological polar surface area (TPSA) is 9.23 Å². The van der Waals surface area contributed by atoms with Crippen LogP contribution in [0.25, 0.3) is 0 Å². The molecule has 15 heavy (non-hydrogen) atoms. The third-order valence-electron chi connectivity index (χ3n) is 2.08. The molecule has 76 valence electrons. The van der Waals surface area contributed by atoms with Crippen LogP contribution in [0, 0.1) is 6.92 Å². The second kappa shape index (κ2) is 4.95. The van der Waals surface area contributed by atoms with Crippen LogP contribution >= 0.6 is 8.81 Å². The van der Waals surface area contributed by atoms with E-state index in [0.717, 1.165) is 5.75 Å². The Morgan fingerprint density at radius 3 is 2.20 bits per heavy atom. The van der Waals surface area contributed by atoms with Crippen LogP contribution in [0.1, 0.15) is 5.56 Å². The second-order valence-corrected chi connectivity index (χ2v) is 4.37. The van der Waals surface area contributed by atoms with E-state index in [4.69, 9.17) is 4.52 Å². The van der Waals surface area contributed by atoms with E-state index in [9.17, 15) is 0 Å². The summed E-state index contributed by atoms with van der Waals surface area (Å²) in [6, 6.07) is 18.4. The Balaban J connectivity index is 1.96. The van der Waals surface area contributed by atoms with Gasteiger partial charge in [0.2, 0.25) is 0 Å². The van der Waals surface area contributed by atoms with E-state index in [1.54, 1.807) is 0 Å². The average molecular weight is 216 g/mol. The quantitative estimate of drug-likeness (QED) is 0.715. The molecule has 0 aliphatic rings. The number of aryl methyl sites for hydroxylation is 1. The van der Waals surface area contributed by atoms with E-state index in [1.165, 1.54) is 10.9 Å². The first kappa shape index (κ1) is 10.2. The molecule has 1 unspecified atom stereocenters. The Kier molecular flexibility index (Phi) is 3.37. The first-order valence-corrected chi connectivity index (χ1v) is 5.80. The summed E-state index contributed by atoms with van der Waals surface area (Å²) >= 11 is 0. The monoisotopic (exact) mass is 216 g/mol. The van der Waals surface area contributed by atoms with Crippen molar-refractivity contribution in [3.05, 3.63) is 60.2 Å². The first-order chi connectivity index (χ1) is 7.34. The molecule has 0 aromatic heterocycles. The predicted octanol–water partition coefficient (Wildman–Crippen LogP) is 3.29. The highest BCUT2D eigenvalue weighted by Gasteiger charge is 1.94. The van der Waals surface area contributed by atoms with Gasteiger partial charge in [-0.3, -0.25) is 0 Å². The second-order valence-electron chi connectivity index (χ2n) is 3.38. The fourth-order valence-electron chi connectivity index (χ4n) is 1.23. The van der Waals surface area contributed by atoms with Crippen LogP contribution in [0.15, 0.2) is 54.6 Å². The van der Waals surface area contributed by atoms with E-state index in [-0.39, 0.29) is 0 Å². The molecule has 2 rings (SSSR count). The van der Waals surface area contributed by atoms with Gasteiger partial charge in [-0.25, -0.2) is 0 Å². The largest absolute Gasteiger partial charge is 0.472 e. The van der Waals surface area contributed by atoms with E-state index >= 15 is 0 Å². The van der Waals surface area contributed by atoms with E-state index in [2.05, 4.69) is 31.2 Å². The van der Waals surface area contributed by atoms with Crippen molar-refractivity contribution in [2.24, 2.45) is 0 Å². The third kappa shape index (κ3) is 3.07. The Hall–Kier alpha value is -1.33. The van der Waals surface area contributed by atoms with Crippen LogP contribution in [0.5, 0.6) is 5.75 Å². The Morgan fingerprint density at radius 1 is 0.867 bits per heavy atom. The zero-order valence-electron chi connectivity index (χ0n) is 8.60. The Bertz CT molecular complexity index is 408. The molecule has 1 atom stereocenters. The summed E-state index contributed by atoms with van der Waals surface area (Å²) < 4.78 is 5.67. The minimum absolute atomic E-state index is 0.379. The normalized spacial score (nSPS) is 10.7. The number of hydrogen-bond acceptors (Lipinski definition) is 1. The van der Waals surface area contributed by atoms with Crippen molar-refractivity contribution in [1.29, 1.82) is 0 Å². The van der Waals surface area contributed by atoms with Crippen LogP contribution < -0.4 is 9.83 Å². The molecule has 0 aliphatic carbocycles. The van der Waals surface area contributed by atoms with Gasteiger partial charge >= 0.3 is 0 Å². The maximum absolute atomic E-state index is 5.67. The van der Waals surface area contributed by atoms with Crippen LogP contribution in [0.4, 0.5) is 0 Å². The molecule has 0 heterocycles. The summed E-state index contributed by atoms with van der Waals surface area (Å²) in [5.41, 5.74) is 1.25. The smallest absolute Gasteiger partial charge is 0.123 e. The summed E-state index contributed by atoms with van der Waals surface area (Å²) in [5, 5.41) is 1.22. The molecule has 0 fully saturated rings. The Labute approximate surface area is 92.0 Å². The van der Waals surface area contributed by atoms with Crippen molar-refractivity contribution < 1.29 is 4.52 Å². The lowest BCUT2D eigenvalue weighted by Crippen LogP contribution is -1.94. The minimum atomic E-state index is 0.379. The minimum Gasteiger partial charge on any atom is -0.472 e. The lowest BCUT2D eigenvalue weighted by atomic mass is 10.2. The molecule has 0 saturated carbocycles. The SMILES string of the molecule is Cc1ccc(OPc2ccccc2)cc1. The van der Waals surface area contributed by atoms with Crippen molar-refractivity contribution in [1.82, 2.24) is 0 Å². The third-order valence-corrected chi connectivity index (χ3v) is 2.99. The van der Waals surface area contributed by atoms with Gasteiger partial charge < -0.3 is 4.52 Å². The maximum Gasteiger partial charge on any atom is 0.123 e. The first-order valence-electron chi connectivity index (χ1n) is 4.89. The van der Waals surface area contributed by atoms with Gasteiger partial charge in [0, 0.05) is 5.30 Å². The molecule has 0 N–H and O–H groups in total. The van der Waals surface area contributed by atoms with Gasteiger partial charge in [-0.05, 0) is 19.1 Å². The van der Waals surface area contributed by atoms with Crippen LogP contribution in [0.2, 0.25) is 0 Å². The van der Waals surface area contributed by atoms with E-state index < -0.39 is 0 Å². The number of rotatable bonds is 3. The van der Waals surface area contributed by atoms with Crippen molar-refractivity contribution in [2.45, 2.75) is 6.92 Å². The highest BCUT2D eigenvalue weighted by molar-refractivity contribution is 7.42. The predicted molar refractivity (Wildman–Crippen MR) is 66.2 cm³/mol. The lowest BCUT2D eigenvalue weighted by molar-refractivity contribution is 0.638. The number of benzene rings is 2. The standard InChI is InChI=1S/C13H13OP/c1-11-7-9-12(10-8-11)14-15-13-5-3-2-4-6-13/h2-10,15H,1H3. The molecule has 0 bridgehead atoms. The molecule has 0 spiro atoms. The fourth-order valence-corrected chi connectivity index (χ4v) is 1.93. The van der Waals surface area contributed by atoms with Gasteiger partial charge in [0.15, 0.2) is 0 Å². The average Bonchev–Trinajstić information content (AvgIpc) is 2.30. The Morgan fingerprint density at radius 2 is 1.53 bits per heavy atom. The van der Waals surface area contributed by atoms with Gasteiger partial charge in [0.25, 0.3) is 0 Å². The molecule has 2 aromatic rings. The summed E-state index contributed by atoms with van der Waals surface area (Å²) in [6.45, 7) is 2.07. The summed E-state index contributed by atoms with van der Waals surface area (Å²) in [7, 11) is 0.379. The molecule has 0 aliphatic heterocycles. The molecular weight excluding hydrogens is 203 g/mol. The van der Waals surface area contributed by atoms with E-state index in [0.29, 0.717) is 8.81 Å². The highest BCUT2D eigenvalue weighted by atomic mass is 31.1. The highest BCUT2D eigenvalue weighted by Crippen LogP contribution is 2.20. The van der Waals surface area contributed by atoms with Gasteiger partial charge in [0.1, 0.15) is 14.6 Å². The van der Waals surface area contributed by atoms with Crippen molar-refractivity contribution >= 4 is 14.1 Å². The summed E-state index contributed by atoms with van der Waals surface area (Å²) in [5.74, 6) is 0.933. The molecule has 0 saturated heterocycles. The van der Waals surface area contributed by atoms with Gasteiger partial charge in [-0.2, -0.15) is 0 Å². The van der Waals surface area contributed by atoms with Crippen LogP contribution in [-0.2, 0) is 0 Å². The molecule has 1 nitrogen and oxygen atoms in total. The van der Waals surface area contributed by atoms with Crippen molar-refractivity contribution in [3.8, 4) is 5.75 Å². The lowest BCUT2D eigenvalue weighted by Gasteiger charge is -2.05. The molecule has 2 aromatic carbocycles. The molecule has 2 heteroatoms.